The number of carbonyl (C=O) groups is 3. The first-order valence-electron chi connectivity index (χ1n) is 13.6. The summed E-state index contributed by atoms with van der Waals surface area (Å²) >= 11 is 6.45. The van der Waals surface area contributed by atoms with E-state index in [1.54, 1.807) is 36.4 Å². The molecule has 2 heterocycles. The second kappa shape index (κ2) is 15.6. The smallest absolute Gasteiger partial charge is 0.339 e. The van der Waals surface area contributed by atoms with Crippen LogP contribution in [0.5, 0.6) is 11.5 Å². The molecular formula is C31H35AcClN2O9. The fourth-order valence-electron chi connectivity index (χ4n) is 4.99. The number of anilines is 1. The van der Waals surface area contributed by atoms with Gasteiger partial charge in [-0.3, -0.25) is 9.59 Å². The first-order valence-corrected chi connectivity index (χ1v) is 14.0. The molecule has 1 aliphatic rings. The summed E-state index contributed by atoms with van der Waals surface area (Å²) in [5, 5.41) is 22.5. The predicted octanol–water partition coefficient (Wildman–Crippen LogP) is 4.24. The minimum absolute atomic E-state index is 0. The topological polar surface area (TPSA) is 148 Å². The molecule has 1 radical (unpaired) electrons. The number of hydrogen-bond donors (Lipinski definition) is 3. The monoisotopic (exact) mass is 841 g/mol. The van der Waals surface area contributed by atoms with Gasteiger partial charge in [0.05, 0.1) is 26.9 Å². The summed E-state index contributed by atoms with van der Waals surface area (Å²) in [4.78, 5) is 40.2. The van der Waals surface area contributed by atoms with Crippen molar-refractivity contribution in [1.29, 1.82) is 0 Å². The van der Waals surface area contributed by atoms with E-state index in [0.29, 0.717) is 33.3 Å². The van der Waals surface area contributed by atoms with E-state index < -0.39 is 35.4 Å². The average Bonchev–Trinajstić information content (AvgIpc) is 3.43. The normalized spacial score (nSPS) is 16.4. The van der Waals surface area contributed by atoms with Crippen LogP contribution < -0.4 is 19.7 Å². The van der Waals surface area contributed by atoms with Crippen molar-refractivity contribution in [2.75, 3.05) is 38.8 Å². The van der Waals surface area contributed by atoms with Crippen LogP contribution >= 0.6 is 11.6 Å². The van der Waals surface area contributed by atoms with E-state index in [2.05, 4.69) is 5.32 Å². The zero-order valence-corrected chi connectivity index (χ0v) is 30.5. The summed E-state index contributed by atoms with van der Waals surface area (Å²) < 4.78 is 22.9. The summed E-state index contributed by atoms with van der Waals surface area (Å²) in [6, 6.07) is 11.7. The Morgan fingerprint density at radius 2 is 1.86 bits per heavy atom. The number of rotatable bonds is 12. The van der Waals surface area contributed by atoms with Crippen molar-refractivity contribution in [2.45, 2.75) is 38.9 Å². The van der Waals surface area contributed by atoms with Crippen LogP contribution in [0.15, 0.2) is 53.1 Å². The van der Waals surface area contributed by atoms with Crippen LogP contribution in [0.25, 0.3) is 0 Å². The third-order valence-corrected chi connectivity index (χ3v) is 7.39. The first-order chi connectivity index (χ1) is 20.5. The maximum absolute atomic E-state index is 14.1. The molecule has 0 fully saturated rings. The Labute approximate surface area is 296 Å². The van der Waals surface area contributed by atoms with Gasteiger partial charge in [-0.05, 0) is 30.3 Å². The summed E-state index contributed by atoms with van der Waals surface area (Å²) in [6.45, 7) is 3.68. The average molecular weight is 842 g/mol. The summed E-state index contributed by atoms with van der Waals surface area (Å²) in [6.07, 6.45) is -1.03. The third kappa shape index (κ3) is 8.15. The van der Waals surface area contributed by atoms with E-state index in [9.17, 15) is 24.6 Å². The van der Waals surface area contributed by atoms with Crippen molar-refractivity contribution >= 4 is 35.1 Å². The zero-order chi connectivity index (χ0) is 31.3. The number of para-hydroxylation sites is 1. The van der Waals surface area contributed by atoms with E-state index in [4.69, 9.17) is 30.2 Å². The Morgan fingerprint density at radius 1 is 1.11 bits per heavy atom. The first kappa shape index (κ1) is 35.9. The Hall–Kier alpha value is -2.62. The number of fused-ring (bicyclic) bond motifs is 1. The summed E-state index contributed by atoms with van der Waals surface area (Å²) in [7, 11) is 3.01. The molecule has 0 aliphatic carbocycles. The Bertz CT molecular complexity index is 1490. The fourth-order valence-corrected chi connectivity index (χ4v) is 5.17. The molecule has 0 bridgehead atoms. The van der Waals surface area contributed by atoms with Gasteiger partial charge < -0.3 is 39.1 Å². The molecule has 1 aliphatic heterocycles. The number of furan rings is 1. The van der Waals surface area contributed by atoms with E-state index in [-0.39, 0.29) is 87.9 Å². The molecular weight excluding hydrogens is 807 g/mol. The van der Waals surface area contributed by atoms with Gasteiger partial charge in [0.1, 0.15) is 23.5 Å². The Morgan fingerprint density at radius 3 is 2.52 bits per heavy atom. The molecule has 3 N–H and O–H groups in total. The van der Waals surface area contributed by atoms with Gasteiger partial charge in [0.2, 0.25) is 5.91 Å². The third-order valence-electron chi connectivity index (χ3n) is 7.16. The molecule has 2 atom stereocenters. The Kier molecular flexibility index (Phi) is 12.7. The number of benzene rings is 2. The predicted molar refractivity (Wildman–Crippen MR) is 158 cm³/mol. The van der Waals surface area contributed by atoms with Crippen LogP contribution in [-0.2, 0) is 20.7 Å². The quantitative estimate of drug-likeness (QED) is 0.244. The molecule has 0 saturated carbocycles. The van der Waals surface area contributed by atoms with Gasteiger partial charge in [-0.25, -0.2) is 4.79 Å². The number of carboxylic acid groups (broad SMARTS) is 1. The van der Waals surface area contributed by atoms with Crippen molar-refractivity contribution < 1.29 is 87.3 Å². The number of carbonyl (C=O) groups excluding carboxylic acids is 2. The molecule has 0 saturated heterocycles. The number of nitrogens with zero attached hydrogens (tertiary/aromatic N) is 1. The summed E-state index contributed by atoms with van der Waals surface area (Å²) in [5.74, 6) is -1.00. The van der Waals surface area contributed by atoms with Crippen molar-refractivity contribution in [3.05, 3.63) is 76.2 Å². The van der Waals surface area contributed by atoms with E-state index in [0.717, 1.165) is 0 Å². The number of halogens is 1. The van der Waals surface area contributed by atoms with Crippen molar-refractivity contribution in [3.63, 3.8) is 0 Å². The number of aromatic carboxylic acids is 1. The van der Waals surface area contributed by atoms with Crippen LogP contribution in [0, 0.1) is 49.5 Å². The van der Waals surface area contributed by atoms with Gasteiger partial charge in [0.25, 0.3) is 5.91 Å². The van der Waals surface area contributed by atoms with Crippen molar-refractivity contribution in [3.8, 4) is 11.5 Å². The zero-order valence-electron chi connectivity index (χ0n) is 25.0. The molecule has 11 nitrogen and oxygen atoms in total. The van der Waals surface area contributed by atoms with Gasteiger partial charge in [-0.2, -0.15) is 0 Å². The SMILES string of the molecule is COc1cccc([C@H]2O[C@H](CC(=O)NCCc3occc3C(=O)O)C(=O)N(CC(C)(C)CO)c3ccc(Cl)cc32)c1OC.[Ac]. The van der Waals surface area contributed by atoms with Crippen LogP contribution in [0.2, 0.25) is 5.02 Å². The molecule has 0 spiro atoms. The maximum atomic E-state index is 14.1. The standard InChI is InChI=1S/C31H35ClN2O9.Ac/c1-31(2,17-35)16-34-22-9-8-18(32)14-21(22)27(20-6-5-7-24(40-3)28(20)41-4)43-25(29(34)37)15-26(36)33-12-10-23-19(30(38)39)11-13-42-23;/h5-9,11,13-14,25,27,35H,10,12,15-17H2,1-4H3,(H,33,36)(H,38,39);/t25-,27-;/m1./s1. The molecule has 2 aromatic carbocycles. The molecule has 44 heavy (non-hydrogen) atoms. The van der Waals surface area contributed by atoms with Crippen LogP contribution in [0.4, 0.5) is 5.69 Å². The molecule has 233 valence electrons. The van der Waals surface area contributed by atoms with Crippen molar-refractivity contribution in [2.24, 2.45) is 5.41 Å². The number of amides is 2. The Balaban J connectivity index is 0.00000529. The van der Waals surface area contributed by atoms with Crippen LogP contribution in [0.1, 0.15) is 53.6 Å². The minimum Gasteiger partial charge on any atom is -0.493 e. The molecule has 4 rings (SSSR count). The number of nitrogens with one attached hydrogen (secondary N) is 1. The molecule has 2 amide bonds. The largest absolute Gasteiger partial charge is 0.493 e. The van der Waals surface area contributed by atoms with Crippen molar-refractivity contribution in [1.82, 2.24) is 5.32 Å². The number of aliphatic hydroxyl groups is 1. The van der Waals surface area contributed by atoms with E-state index in [1.807, 2.05) is 13.8 Å². The number of hydrogen-bond acceptors (Lipinski definition) is 8. The number of methoxy groups -OCH3 is 2. The van der Waals surface area contributed by atoms with Gasteiger partial charge in [-0.1, -0.05) is 37.6 Å². The maximum Gasteiger partial charge on any atom is 0.339 e. The number of ether oxygens (including phenoxy) is 3. The molecule has 1 aromatic heterocycles. The fraction of sp³-hybridized carbons (Fsp3) is 0.387. The van der Waals surface area contributed by atoms with Gasteiger partial charge in [0, 0.05) is 97.4 Å². The second-order valence-electron chi connectivity index (χ2n) is 10.9. The van der Waals surface area contributed by atoms with Crippen LogP contribution in [-0.4, -0.2) is 68.0 Å². The number of carboxylic acids is 1. The van der Waals surface area contributed by atoms with Gasteiger partial charge >= 0.3 is 5.97 Å². The van der Waals surface area contributed by atoms with E-state index in [1.165, 1.54) is 31.4 Å². The molecule has 0 unspecified atom stereocenters. The minimum atomic E-state index is -1.24. The van der Waals surface area contributed by atoms with Crippen LogP contribution in [0.3, 0.4) is 0 Å². The second-order valence-corrected chi connectivity index (χ2v) is 11.3. The summed E-state index contributed by atoms with van der Waals surface area (Å²) in [5.41, 5.74) is 0.990. The van der Waals surface area contributed by atoms with E-state index >= 15 is 0 Å². The van der Waals surface area contributed by atoms with Gasteiger partial charge in [0.15, 0.2) is 11.5 Å². The molecule has 3 aromatic rings. The molecule has 13 heteroatoms. The van der Waals surface area contributed by atoms with Gasteiger partial charge in [-0.15, -0.1) is 0 Å². The number of aliphatic hydroxyl groups excluding tert-OH is 1.